The van der Waals surface area contributed by atoms with Gasteiger partial charge in [-0.25, -0.2) is 0 Å². The van der Waals surface area contributed by atoms with Gasteiger partial charge in [0, 0.05) is 13.0 Å². The molecule has 0 unspecified atom stereocenters. The van der Waals surface area contributed by atoms with Gasteiger partial charge in [-0.05, 0) is 17.4 Å². The fourth-order valence-corrected chi connectivity index (χ4v) is 1.86. The van der Waals surface area contributed by atoms with Crippen LogP contribution in [0.4, 0.5) is 0 Å². The van der Waals surface area contributed by atoms with Crippen molar-refractivity contribution in [2.24, 2.45) is 5.41 Å². The van der Waals surface area contributed by atoms with Gasteiger partial charge in [-0.1, -0.05) is 44.2 Å². The Morgan fingerprint density at radius 1 is 1.33 bits per heavy atom. The minimum Gasteiger partial charge on any atom is -0.394 e. The lowest BCUT2D eigenvalue weighted by Crippen LogP contribution is -2.34. The zero-order chi connectivity index (χ0) is 13.4. The van der Waals surface area contributed by atoms with E-state index in [2.05, 4.69) is 25.2 Å². The van der Waals surface area contributed by atoms with E-state index in [1.807, 2.05) is 30.3 Å². The predicted octanol–water partition coefficient (Wildman–Crippen LogP) is 2.64. The third-order valence-corrected chi connectivity index (χ3v) is 3.13. The van der Waals surface area contributed by atoms with E-state index in [-0.39, 0.29) is 18.1 Å². The van der Waals surface area contributed by atoms with Gasteiger partial charge in [0.1, 0.15) is 0 Å². The van der Waals surface area contributed by atoms with Crippen molar-refractivity contribution in [3.05, 3.63) is 35.9 Å². The third kappa shape index (κ3) is 4.87. The van der Waals surface area contributed by atoms with Gasteiger partial charge < -0.3 is 10.4 Å². The van der Waals surface area contributed by atoms with Crippen LogP contribution in [0, 0.1) is 16.7 Å². The van der Waals surface area contributed by atoms with Crippen molar-refractivity contribution >= 4 is 0 Å². The molecule has 0 aromatic heterocycles. The van der Waals surface area contributed by atoms with E-state index in [9.17, 15) is 5.11 Å². The second-order valence-electron chi connectivity index (χ2n) is 5.35. The summed E-state index contributed by atoms with van der Waals surface area (Å²) < 4.78 is 0. The summed E-state index contributed by atoms with van der Waals surface area (Å²) in [6.45, 7) is 5.14. The number of hydrogen-bond donors (Lipinski definition) is 2. The van der Waals surface area contributed by atoms with Crippen LogP contribution in [0.5, 0.6) is 0 Å². The maximum atomic E-state index is 9.44. The molecule has 0 fully saturated rings. The Bertz CT molecular complexity index is 381. The Morgan fingerprint density at radius 2 is 2.00 bits per heavy atom. The summed E-state index contributed by atoms with van der Waals surface area (Å²) in [4.78, 5) is 0. The fraction of sp³-hybridized carbons (Fsp3) is 0.533. The quantitative estimate of drug-likeness (QED) is 0.777. The van der Waals surface area contributed by atoms with Gasteiger partial charge in [-0.15, -0.1) is 0 Å². The lowest BCUT2D eigenvalue weighted by Gasteiger charge is -2.27. The van der Waals surface area contributed by atoms with Crippen LogP contribution in [0.25, 0.3) is 0 Å². The highest BCUT2D eigenvalue weighted by molar-refractivity contribution is 5.18. The topological polar surface area (TPSA) is 56.0 Å². The van der Waals surface area contributed by atoms with Crippen LogP contribution < -0.4 is 5.32 Å². The number of rotatable bonds is 7. The second kappa shape index (κ2) is 7.15. The molecule has 0 heterocycles. The standard InChI is InChI=1S/C15H22N2O/c1-15(2,9-6-10-16)12-17-14(11-18)13-7-4-3-5-8-13/h3-5,7-8,14,17-18H,6,9,11-12H2,1-2H3/t14-/m1/s1. The van der Waals surface area contributed by atoms with E-state index in [0.717, 1.165) is 18.5 Å². The number of aliphatic hydroxyl groups is 1. The van der Waals surface area contributed by atoms with Gasteiger partial charge in [-0.2, -0.15) is 5.26 Å². The summed E-state index contributed by atoms with van der Waals surface area (Å²) in [6.07, 6.45) is 1.44. The summed E-state index contributed by atoms with van der Waals surface area (Å²) in [6, 6.07) is 12.1. The molecule has 0 amide bonds. The highest BCUT2D eigenvalue weighted by Gasteiger charge is 2.19. The molecule has 0 saturated carbocycles. The molecule has 18 heavy (non-hydrogen) atoms. The van der Waals surface area contributed by atoms with Crippen molar-refractivity contribution < 1.29 is 5.11 Å². The molecule has 0 bridgehead atoms. The predicted molar refractivity (Wildman–Crippen MR) is 72.9 cm³/mol. The lowest BCUT2D eigenvalue weighted by atomic mass is 9.87. The molecular weight excluding hydrogens is 224 g/mol. The maximum absolute atomic E-state index is 9.44. The largest absolute Gasteiger partial charge is 0.394 e. The Kier molecular flexibility index (Phi) is 5.84. The molecule has 0 spiro atoms. The van der Waals surface area contributed by atoms with Crippen LogP contribution in [-0.2, 0) is 0 Å². The highest BCUT2D eigenvalue weighted by Crippen LogP contribution is 2.22. The lowest BCUT2D eigenvalue weighted by molar-refractivity contribution is 0.221. The minimum absolute atomic E-state index is 0.0347. The van der Waals surface area contributed by atoms with Crippen molar-refractivity contribution in [1.29, 1.82) is 5.26 Å². The van der Waals surface area contributed by atoms with E-state index in [1.165, 1.54) is 0 Å². The number of aliphatic hydroxyl groups excluding tert-OH is 1. The summed E-state index contributed by atoms with van der Waals surface area (Å²) >= 11 is 0. The van der Waals surface area contributed by atoms with Crippen LogP contribution in [0.2, 0.25) is 0 Å². The molecule has 3 heteroatoms. The molecule has 1 aromatic carbocycles. The first kappa shape index (κ1) is 14.7. The normalized spacial score (nSPS) is 13.0. The molecule has 98 valence electrons. The number of nitrogens with one attached hydrogen (secondary N) is 1. The third-order valence-electron chi connectivity index (χ3n) is 3.13. The molecule has 0 aliphatic carbocycles. The smallest absolute Gasteiger partial charge is 0.0626 e. The number of nitrogens with zero attached hydrogens (tertiary/aromatic N) is 1. The van der Waals surface area contributed by atoms with Crippen LogP contribution in [-0.4, -0.2) is 18.3 Å². The Morgan fingerprint density at radius 3 is 2.56 bits per heavy atom. The Hall–Kier alpha value is -1.37. The van der Waals surface area contributed by atoms with Crippen molar-refractivity contribution in [3.8, 4) is 6.07 Å². The maximum Gasteiger partial charge on any atom is 0.0626 e. The van der Waals surface area contributed by atoms with Crippen LogP contribution in [0.3, 0.4) is 0 Å². The van der Waals surface area contributed by atoms with Crippen molar-refractivity contribution in [2.45, 2.75) is 32.7 Å². The molecule has 1 aromatic rings. The van der Waals surface area contributed by atoms with E-state index >= 15 is 0 Å². The molecule has 0 aliphatic heterocycles. The Balaban J connectivity index is 2.53. The molecule has 0 aliphatic rings. The summed E-state index contributed by atoms with van der Waals surface area (Å²) in [5, 5.41) is 21.4. The molecule has 3 nitrogen and oxygen atoms in total. The highest BCUT2D eigenvalue weighted by atomic mass is 16.3. The SMILES string of the molecule is CC(C)(CCC#N)CN[C@H](CO)c1ccccc1. The molecule has 0 saturated heterocycles. The zero-order valence-corrected chi connectivity index (χ0v) is 11.2. The molecule has 2 N–H and O–H groups in total. The second-order valence-corrected chi connectivity index (χ2v) is 5.35. The van der Waals surface area contributed by atoms with Gasteiger partial charge >= 0.3 is 0 Å². The van der Waals surface area contributed by atoms with Crippen molar-refractivity contribution in [3.63, 3.8) is 0 Å². The van der Waals surface area contributed by atoms with Crippen LogP contribution >= 0.6 is 0 Å². The first-order chi connectivity index (χ1) is 8.59. The molecule has 1 rings (SSSR count). The summed E-state index contributed by atoms with van der Waals surface area (Å²) in [5.74, 6) is 0. The van der Waals surface area contributed by atoms with Gasteiger partial charge in [0.25, 0.3) is 0 Å². The van der Waals surface area contributed by atoms with E-state index in [4.69, 9.17) is 5.26 Å². The van der Waals surface area contributed by atoms with Crippen LogP contribution in [0.15, 0.2) is 30.3 Å². The zero-order valence-electron chi connectivity index (χ0n) is 11.2. The first-order valence-electron chi connectivity index (χ1n) is 6.35. The van der Waals surface area contributed by atoms with Crippen LogP contribution in [0.1, 0.15) is 38.3 Å². The monoisotopic (exact) mass is 246 g/mol. The van der Waals surface area contributed by atoms with E-state index in [0.29, 0.717) is 6.42 Å². The van der Waals surface area contributed by atoms with Gasteiger partial charge in [-0.3, -0.25) is 0 Å². The molecule has 1 atom stereocenters. The Labute approximate surface area is 109 Å². The van der Waals surface area contributed by atoms with Crippen molar-refractivity contribution in [2.75, 3.05) is 13.2 Å². The first-order valence-corrected chi connectivity index (χ1v) is 6.35. The van der Waals surface area contributed by atoms with Gasteiger partial charge in [0.15, 0.2) is 0 Å². The number of hydrogen-bond acceptors (Lipinski definition) is 3. The summed E-state index contributed by atoms with van der Waals surface area (Å²) in [5.41, 5.74) is 1.16. The average molecular weight is 246 g/mol. The van der Waals surface area contributed by atoms with Crippen molar-refractivity contribution in [1.82, 2.24) is 5.32 Å². The molecular formula is C15H22N2O. The van der Waals surface area contributed by atoms with Gasteiger partial charge in [0.2, 0.25) is 0 Å². The number of benzene rings is 1. The number of nitriles is 1. The van der Waals surface area contributed by atoms with E-state index in [1.54, 1.807) is 0 Å². The fourth-order valence-electron chi connectivity index (χ4n) is 1.86. The average Bonchev–Trinajstić information content (AvgIpc) is 2.38. The summed E-state index contributed by atoms with van der Waals surface area (Å²) in [7, 11) is 0. The van der Waals surface area contributed by atoms with Gasteiger partial charge in [0.05, 0.1) is 18.7 Å². The molecule has 0 radical (unpaired) electrons. The minimum atomic E-state index is -0.0347. The van der Waals surface area contributed by atoms with E-state index < -0.39 is 0 Å².